The predicted octanol–water partition coefficient (Wildman–Crippen LogP) is 1.94. The fourth-order valence-corrected chi connectivity index (χ4v) is 2.87. The van der Waals surface area contributed by atoms with Gasteiger partial charge in [0.2, 0.25) is 5.91 Å². The fourth-order valence-electron chi connectivity index (χ4n) is 2.87. The lowest BCUT2D eigenvalue weighted by atomic mass is 10.0. The summed E-state index contributed by atoms with van der Waals surface area (Å²) in [5, 5.41) is 0. The van der Waals surface area contributed by atoms with Crippen LogP contribution in [0.2, 0.25) is 0 Å². The van der Waals surface area contributed by atoms with Crippen LogP contribution in [0.15, 0.2) is 0 Å². The van der Waals surface area contributed by atoms with E-state index in [0.717, 1.165) is 39.0 Å². The first-order chi connectivity index (χ1) is 9.31. The Morgan fingerprint density at radius 1 is 1.10 bits per heavy atom. The number of carbonyl (C=O) groups is 1. The van der Waals surface area contributed by atoms with E-state index in [4.69, 9.17) is 5.73 Å². The van der Waals surface area contributed by atoms with Crippen LogP contribution in [-0.2, 0) is 4.79 Å². The Labute approximate surface area is 124 Å². The van der Waals surface area contributed by atoms with Crippen LogP contribution in [0.5, 0.6) is 0 Å². The molecule has 0 radical (unpaired) electrons. The molecule has 0 bridgehead atoms. The number of piperidine rings is 1. The van der Waals surface area contributed by atoms with Crippen LogP contribution in [-0.4, -0.2) is 54.0 Å². The molecule has 1 amide bonds. The summed E-state index contributed by atoms with van der Waals surface area (Å²) in [5.41, 5.74) is 5.92. The highest BCUT2D eigenvalue weighted by molar-refractivity contribution is 5.81. The summed E-state index contributed by atoms with van der Waals surface area (Å²) in [6, 6.07) is 0.255. The van der Waals surface area contributed by atoms with Crippen molar-refractivity contribution in [1.29, 1.82) is 0 Å². The van der Waals surface area contributed by atoms with Crippen molar-refractivity contribution in [1.82, 2.24) is 9.80 Å². The summed E-state index contributed by atoms with van der Waals surface area (Å²) >= 11 is 0. The number of hydrogen-bond acceptors (Lipinski definition) is 3. The second-order valence-electron chi connectivity index (χ2n) is 7.08. The van der Waals surface area contributed by atoms with Gasteiger partial charge in [0, 0.05) is 32.2 Å². The molecule has 1 heterocycles. The van der Waals surface area contributed by atoms with Gasteiger partial charge in [0.05, 0.1) is 6.04 Å². The third-order valence-corrected chi connectivity index (χ3v) is 3.96. The maximum absolute atomic E-state index is 12.7. The lowest BCUT2D eigenvalue weighted by Gasteiger charge is -2.37. The van der Waals surface area contributed by atoms with Gasteiger partial charge in [-0.15, -0.1) is 0 Å². The highest BCUT2D eigenvalue weighted by Crippen LogP contribution is 2.14. The van der Waals surface area contributed by atoms with Crippen LogP contribution in [0, 0.1) is 11.8 Å². The Balaban J connectivity index is 2.62. The van der Waals surface area contributed by atoms with Crippen LogP contribution in [0.4, 0.5) is 0 Å². The number of amides is 1. The molecule has 1 saturated heterocycles. The Morgan fingerprint density at radius 2 is 1.55 bits per heavy atom. The Morgan fingerprint density at radius 3 is 1.95 bits per heavy atom. The quantitative estimate of drug-likeness (QED) is 0.810. The van der Waals surface area contributed by atoms with E-state index >= 15 is 0 Å². The zero-order chi connectivity index (χ0) is 15.3. The Kier molecular flexibility index (Phi) is 6.96. The average Bonchev–Trinajstić information content (AvgIpc) is 2.36. The first kappa shape index (κ1) is 17.4. The minimum atomic E-state index is -0.0193. The highest BCUT2D eigenvalue weighted by atomic mass is 16.2. The standard InChI is InChI=1S/C16H33N3O/c1-12(2)10-19(11-13(3)4)14(5)16(20)18-8-6-15(17)7-9-18/h12-15H,6-11,17H2,1-5H3. The number of rotatable bonds is 6. The van der Waals surface area contributed by atoms with Crippen molar-refractivity contribution in [3.63, 3.8) is 0 Å². The summed E-state index contributed by atoms with van der Waals surface area (Å²) in [6.45, 7) is 14.5. The van der Waals surface area contributed by atoms with Crippen LogP contribution < -0.4 is 5.73 Å². The number of hydrogen-bond donors (Lipinski definition) is 1. The third-order valence-electron chi connectivity index (χ3n) is 3.96. The number of nitrogens with zero attached hydrogens (tertiary/aromatic N) is 2. The zero-order valence-corrected chi connectivity index (χ0v) is 13.9. The summed E-state index contributed by atoms with van der Waals surface area (Å²) < 4.78 is 0. The lowest BCUT2D eigenvalue weighted by molar-refractivity contribution is -0.137. The molecule has 4 heteroatoms. The first-order valence-corrected chi connectivity index (χ1v) is 8.09. The van der Waals surface area contributed by atoms with Gasteiger partial charge in [-0.05, 0) is 31.6 Å². The minimum Gasteiger partial charge on any atom is -0.341 e. The normalized spacial score (nSPS) is 19.1. The maximum Gasteiger partial charge on any atom is 0.239 e. The largest absolute Gasteiger partial charge is 0.341 e. The SMILES string of the molecule is CC(C)CN(CC(C)C)C(C)C(=O)N1CCC(N)CC1. The van der Waals surface area contributed by atoms with E-state index in [-0.39, 0.29) is 18.0 Å². The smallest absolute Gasteiger partial charge is 0.239 e. The van der Waals surface area contributed by atoms with Crippen LogP contribution in [0.25, 0.3) is 0 Å². The molecule has 0 saturated carbocycles. The molecule has 2 N–H and O–H groups in total. The molecular weight excluding hydrogens is 250 g/mol. The second-order valence-corrected chi connectivity index (χ2v) is 7.08. The van der Waals surface area contributed by atoms with Crippen molar-refractivity contribution < 1.29 is 4.79 Å². The van der Waals surface area contributed by atoms with E-state index in [1.807, 2.05) is 4.90 Å². The van der Waals surface area contributed by atoms with E-state index in [1.54, 1.807) is 0 Å². The van der Waals surface area contributed by atoms with Crippen LogP contribution >= 0.6 is 0 Å². The second kappa shape index (κ2) is 7.99. The van der Waals surface area contributed by atoms with Gasteiger partial charge in [-0.2, -0.15) is 0 Å². The van der Waals surface area contributed by atoms with Gasteiger partial charge in [0.25, 0.3) is 0 Å². The van der Waals surface area contributed by atoms with E-state index < -0.39 is 0 Å². The molecule has 20 heavy (non-hydrogen) atoms. The van der Waals surface area contributed by atoms with E-state index in [0.29, 0.717) is 11.8 Å². The zero-order valence-electron chi connectivity index (χ0n) is 13.9. The number of likely N-dealkylation sites (tertiary alicyclic amines) is 1. The van der Waals surface area contributed by atoms with Gasteiger partial charge in [-0.1, -0.05) is 27.7 Å². The highest BCUT2D eigenvalue weighted by Gasteiger charge is 2.28. The first-order valence-electron chi connectivity index (χ1n) is 8.09. The maximum atomic E-state index is 12.7. The Hall–Kier alpha value is -0.610. The van der Waals surface area contributed by atoms with Crippen molar-refractivity contribution in [2.45, 2.75) is 59.5 Å². The molecule has 1 aliphatic heterocycles. The third kappa shape index (κ3) is 5.41. The van der Waals surface area contributed by atoms with Crippen molar-refractivity contribution in [2.75, 3.05) is 26.2 Å². The van der Waals surface area contributed by atoms with Crippen molar-refractivity contribution in [2.24, 2.45) is 17.6 Å². The molecular formula is C16H33N3O. The fraction of sp³-hybridized carbons (Fsp3) is 0.938. The molecule has 0 aromatic carbocycles. The predicted molar refractivity (Wildman–Crippen MR) is 84.5 cm³/mol. The molecule has 1 unspecified atom stereocenters. The molecule has 0 aliphatic carbocycles. The van der Waals surface area contributed by atoms with Gasteiger partial charge in [-0.3, -0.25) is 9.69 Å². The molecule has 0 aromatic rings. The summed E-state index contributed by atoms with van der Waals surface area (Å²) in [4.78, 5) is 17.0. The van der Waals surface area contributed by atoms with Gasteiger partial charge >= 0.3 is 0 Å². The van der Waals surface area contributed by atoms with Gasteiger partial charge in [0.15, 0.2) is 0 Å². The van der Waals surface area contributed by atoms with Crippen molar-refractivity contribution in [3.8, 4) is 0 Å². The summed E-state index contributed by atoms with van der Waals surface area (Å²) in [6.07, 6.45) is 1.87. The topological polar surface area (TPSA) is 49.6 Å². The monoisotopic (exact) mass is 283 g/mol. The molecule has 1 atom stereocenters. The molecule has 0 spiro atoms. The van der Waals surface area contributed by atoms with E-state index in [9.17, 15) is 4.79 Å². The summed E-state index contributed by atoms with van der Waals surface area (Å²) in [5.74, 6) is 1.44. The molecule has 0 aromatic heterocycles. The Bertz CT molecular complexity index is 286. The molecule has 1 fully saturated rings. The number of carbonyl (C=O) groups excluding carboxylic acids is 1. The molecule has 118 valence electrons. The van der Waals surface area contributed by atoms with Gasteiger partial charge in [0.1, 0.15) is 0 Å². The van der Waals surface area contributed by atoms with Crippen molar-refractivity contribution in [3.05, 3.63) is 0 Å². The van der Waals surface area contributed by atoms with Crippen molar-refractivity contribution >= 4 is 5.91 Å². The molecule has 1 rings (SSSR count). The minimum absolute atomic E-state index is 0.0193. The molecule has 4 nitrogen and oxygen atoms in total. The average molecular weight is 283 g/mol. The van der Waals surface area contributed by atoms with Crippen LogP contribution in [0.1, 0.15) is 47.5 Å². The summed E-state index contributed by atoms with van der Waals surface area (Å²) in [7, 11) is 0. The van der Waals surface area contributed by atoms with Gasteiger partial charge < -0.3 is 10.6 Å². The van der Waals surface area contributed by atoms with E-state index in [1.165, 1.54) is 0 Å². The lowest BCUT2D eigenvalue weighted by Crippen LogP contribution is -2.52. The van der Waals surface area contributed by atoms with Gasteiger partial charge in [-0.25, -0.2) is 0 Å². The molecule has 1 aliphatic rings. The number of nitrogens with two attached hydrogens (primary N) is 1. The van der Waals surface area contributed by atoms with Crippen LogP contribution in [0.3, 0.4) is 0 Å². The van der Waals surface area contributed by atoms with E-state index in [2.05, 4.69) is 39.5 Å².